The van der Waals surface area contributed by atoms with E-state index in [-0.39, 0.29) is 0 Å². The zero-order valence-corrected chi connectivity index (χ0v) is 15.4. The van der Waals surface area contributed by atoms with Crippen molar-refractivity contribution in [1.29, 1.82) is 0 Å². The van der Waals surface area contributed by atoms with Gasteiger partial charge < -0.3 is 10.5 Å². The van der Waals surface area contributed by atoms with Crippen molar-refractivity contribution >= 4 is 28.3 Å². The minimum absolute atomic E-state index is 0.432. The number of methoxy groups -OCH3 is 1. The summed E-state index contributed by atoms with van der Waals surface area (Å²) in [5.74, 6) is 3.50. The van der Waals surface area contributed by atoms with Crippen molar-refractivity contribution in [3.05, 3.63) is 65.7 Å². The number of allylic oxidation sites excluding steroid dienone is 4. The largest absolute Gasteiger partial charge is 0.495 e. The lowest BCUT2D eigenvalue weighted by Gasteiger charge is -2.11. The summed E-state index contributed by atoms with van der Waals surface area (Å²) in [4.78, 5) is 12.8. The molecule has 0 saturated carbocycles. The minimum atomic E-state index is 0.432. The number of nitrogens with zero attached hydrogens (tertiary/aromatic N) is 3. The third kappa shape index (κ3) is 4.25. The van der Waals surface area contributed by atoms with Crippen LogP contribution in [0.3, 0.4) is 0 Å². The summed E-state index contributed by atoms with van der Waals surface area (Å²) in [5.41, 5.74) is 9.49. The molecule has 3 rings (SSSR count). The fraction of sp³-hybridized carbons (Fsp3) is 0.0952. The van der Waals surface area contributed by atoms with Gasteiger partial charge in [-0.3, -0.25) is 4.98 Å². The van der Waals surface area contributed by atoms with Gasteiger partial charge in [-0.1, -0.05) is 29.7 Å². The lowest BCUT2D eigenvalue weighted by atomic mass is 10.00. The second kappa shape index (κ2) is 8.35. The Morgan fingerprint density at radius 2 is 2.15 bits per heavy atom. The van der Waals surface area contributed by atoms with Crippen molar-refractivity contribution in [2.24, 2.45) is 0 Å². The van der Waals surface area contributed by atoms with E-state index in [1.54, 1.807) is 25.5 Å². The summed E-state index contributed by atoms with van der Waals surface area (Å²) < 4.78 is 5.33. The highest BCUT2D eigenvalue weighted by molar-refractivity contribution is 6.31. The first-order chi connectivity index (χ1) is 13.1. The highest BCUT2D eigenvalue weighted by Crippen LogP contribution is 2.30. The molecule has 0 aliphatic heterocycles. The van der Waals surface area contributed by atoms with Gasteiger partial charge in [0.25, 0.3) is 0 Å². The zero-order chi connectivity index (χ0) is 19.2. The molecule has 0 spiro atoms. The Hall–Kier alpha value is -3.36. The Labute approximate surface area is 162 Å². The summed E-state index contributed by atoms with van der Waals surface area (Å²) in [7, 11) is 1.61. The van der Waals surface area contributed by atoms with Gasteiger partial charge >= 0.3 is 0 Å². The normalized spacial score (nSPS) is 11.7. The maximum Gasteiger partial charge on any atom is 0.137 e. The highest BCUT2D eigenvalue weighted by Gasteiger charge is 2.10. The number of anilines is 1. The molecule has 0 aliphatic carbocycles. The van der Waals surface area contributed by atoms with Crippen LogP contribution in [-0.4, -0.2) is 22.1 Å². The molecule has 0 radical (unpaired) electrons. The third-order valence-corrected chi connectivity index (χ3v) is 4.27. The van der Waals surface area contributed by atoms with Crippen molar-refractivity contribution in [3.8, 4) is 29.2 Å². The standard InChI is InChI=1S/C21H17ClN4O/c1-3-4-5-15(22)7-9-19-17(11-16(27-2)12-24-19)14-6-8-20-18(10-14)21(23)26-13-25-20/h1,4-8,10-13H,9H2,2H3,(H2,23,25,26)/b5-4-,15-7+. The van der Waals surface area contributed by atoms with Crippen molar-refractivity contribution in [2.75, 3.05) is 12.8 Å². The van der Waals surface area contributed by atoms with E-state index in [4.69, 9.17) is 28.5 Å². The number of halogens is 1. The van der Waals surface area contributed by atoms with E-state index in [2.05, 4.69) is 20.9 Å². The topological polar surface area (TPSA) is 73.9 Å². The smallest absolute Gasteiger partial charge is 0.137 e. The molecule has 0 bridgehead atoms. The molecule has 1 aromatic carbocycles. The number of fused-ring (bicyclic) bond motifs is 1. The van der Waals surface area contributed by atoms with Gasteiger partial charge in [-0.2, -0.15) is 0 Å². The number of ether oxygens (including phenoxy) is 1. The molecule has 2 heterocycles. The van der Waals surface area contributed by atoms with E-state index in [0.29, 0.717) is 23.0 Å². The maximum absolute atomic E-state index is 6.16. The molecule has 5 nitrogen and oxygen atoms in total. The summed E-state index contributed by atoms with van der Waals surface area (Å²) in [6.07, 6.45) is 13.9. The number of benzene rings is 1. The Balaban J connectivity index is 2.07. The molecule has 0 aliphatic rings. The predicted molar refractivity (Wildman–Crippen MR) is 109 cm³/mol. The van der Waals surface area contributed by atoms with Crippen LogP contribution in [0.15, 0.2) is 60.0 Å². The number of terminal acetylenes is 1. The van der Waals surface area contributed by atoms with Crippen LogP contribution in [0.25, 0.3) is 22.0 Å². The quantitative estimate of drug-likeness (QED) is 0.535. The Bertz CT molecular complexity index is 1080. The number of pyridine rings is 1. The van der Waals surface area contributed by atoms with Gasteiger partial charge in [-0.15, -0.1) is 6.42 Å². The van der Waals surface area contributed by atoms with Crippen molar-refractivity contribution in [2.45, 2.75) is 6.42 Å². The number of hydrogen-bond acceptors (Lipinski definition) is 5. The Morgan fingerprint density at radius 3 is 2.93 bits per heavy atom. The Kier molecular flexibility index (Phi) is 5.70. The first-order valence-electron chi connectivity index (χ1n) is 8.14. The number of nitrogen functional groups attached to an aromatic ring is 1. The van der Waals surface area contributed by atoms with Crippen LogP contribution in [-0.2, 0) is 6.42 Å². The molecule has 3 aromatic rings. The van der Waals surface area contributed by atoms with E-state index < -0.39 is 0 Å². The predicted octanol–water partition coefficient (Wildman–Crippen LogP) is 4.14. The van der Waals surface area contributed by atoms with Crippen LogP contribution in [0.4, 0.5) is 5.82 Å². The second-order valence-corrected chi connectivity index (χ2v) is 6.09. The monoisotopic (exact) mass is 376 g/mol. The van der Waals surface area contributed by atoms with E-state index in [1.807, 2.05) is 30.3 Å². The van der Waals surface area contributed by atoms with E-state index >= 15 is 0 Å². The summed E-state index contributed by atoms with van der Waals surface area (Å²) in [5, 5.41) is 1.34. The molecular formula is C21H17ClN4O. The molecule has 0 amide bonds. The van der Waals surface area contributed by atoms with Gasteiger partial charge in [0.2, 0.25) is 0 Å². The van der Waals surface area contributed by atoms with Crippen LogP contribution in [0.2, 0.25) is 0 Å². The minimum Gasteiger partial charge on any atom is -0.495 e. The summed E-state index contributed by atoms with van der Waals surface area (Å²) >= 11 is 6.16. The Morgan fingerprint density at radius 1 is 1.30 bits per heavy atom. The molecule has 2 N–H and O–H groups in total. The first-order valence-corrected chi connectivity index (χ1v) is 8.52. The number of rotatable bonds is 5. The number of hydrogen-bond donors (Lipinski definition) is 1. The lowest BCUT2D eigenvalue weighted by Crippen LogP contribution is -1.97. The van der Waals surface area contributed by atoms with Gasteiger partial charge in [0.15, 0.2) is 0 Å². The molecular weight excluding hydrogens is 360 g/mol. The fourth-order valence-electron chi connectivity index (χ4n) is 2.63. The SMILES string of the molecule is C#C/C=C\C(Cl)=C/Cc1ncc(OC)cc1-c1ccc2ncnc(N)c2c1. The second-order valence-electron chi connectivity index (χ2n) is 5.65. The van der Waals surface area contributed by atoms with Crippen LogP contribution in [0.5, 0.6) is 5.75 Å². The first kappa shape index (κ1) is 18.4. The highest BCUT2D eigenvalue weighted by atomic mass is 35.5. The average molecular weight is 377 g/mol. The molecule has 134 valence electrons. The number of nitrogens with two attached hydrogens (primary N) is 1. The molecule has 6 heteroatoms. The van der Waals surface area contributed by atoms with Gasteiger partial charge in [-0.25, -0.2) is 9.97 Å². The van der Waals surface area contributed by atoms with Gasteiger partial charge in [0.05, 0.1) is 24.5 Å². The van der Waals surface area contributed by atoms with Gasteiger partial charge in [0.1, 0.15) is 17.9 Å². The van der Waals surface area contributed by atoms with Gasteiger partial charge in [0, 0.05) is 22.4 Å². The lowest BCUT2D eigenvalue weighted by molar-refractivity contribution is 0.413. The summed E-state index contributed by atoms with van der Waals surface area (Å²) in [6.45, 7) is 0. The summed E-state index contributed by atoms with van der Waals surface area (Å²) in [6, 6.07) is 7.76. The van der Waals surface area contributed by atoms with E-state index in [0.717, 1.165) is 27.7 Å². The molecule has 0 saturated heterocycles. The molecule has 2 aromatic heterocycles. The average Bonchev–Trinajstić information content (AvgIpc) is 2.70. The van der Waals surface area contributed by atoms with Crippen molar-refractivity contribution in [1.82, 2.24) is 15.0 Å². The van der Waals surface area contributed by atoms with Crippen molar-refractivity contribution < 1.29 is 4.74 Å². The molecule has 0 atom stereocenters. The molecule has 0 fully saturated rings. The molecule has 27 heavy (non-hydrogen) atoms. The van der Waals surface area contributed by atoms with Crippen LogP contribution < -0.4 is 10.5 Å². The fourth-order valence-corrected chi connectivity index (χ4v) is 2.77. The van der Waals surface area contributed by atoms with Crippen LogP contribution in [0.1, 0.15) is 5.69 Å². The van der Waals surface area contributed by atoms with Crippen LogP contribution in [0, 0.1) is 12.3 Å². The number of aromatic nitrogens is 3. The van der Waals surface area contributed by atoms with Crippen LogP contribution >= 0.6 is 11.6 Å². The zero-order valence-electron chi connectivity index (χ0n) is 14.7. The maximum atomic E-state index is 6.16. The third-order valence-electron chi connectivity index (χ3n) is 3.99. The van der Waals surface area contributed by atoms with E-state index in [9.17, 15) is 0 Å². The van der Waals surface area contributed by atoms with E-state index in [1.165, 1.54) is 6.33 Å². The van der Waals surface area contributed by atoms with Crippen molar-refractivity contribution in [3.63, 3.8) is 0 Å². The van der Waals surface area contributed by atoms with Gasteiger partial charge in [-0.05, 0) is 35.9 Å². The molecule has 0 unspecified atom stereocenters.